The van der Waals surface area contributed by atoms with Crippen molar-refractivity contribution >= 4 is 42.1 Å². The Morgan fingerprint density at radius 1 is 0.974 bits per heavy atom. The molecular weight excluding hydrogens is 501 g/mol. The number of hydrogen-bond acceptors (Lipinski definition) is 7. The van der Waals surface area contributed by atoms with Crippen LogP contribution >= 0.6 is 0 Å². The van der Waals surface area contributed by atoms with E-state index >= 15 is 0 Å². The molecule has 5 amide bonds. The highest BCUT2D eigenvalue weighted by Crippen LogP contribution is 2.31. The van der Waals surface area contributed by atoms with Gasteiger partial charge in [0.05, 0.1) is 23.3 Å². The van der Waals surface area contributed by atoms with Gasteiger partial charge in [-0.25, -0.2) is 0 Å². The minimum atomic E-state index is -1.06. The minimum absolute atomic E-state index is 0.0341. The van der Waals surface area contributed by atoms with Crippen molar-refractivity contribution in [3.63, 3.8) is 0 Å². The first-order valence-corrected chi connectivity index (χ1v) is 12.5. The predicted molar refractivity (Wildman–Crippen MR) is 138 cm³/mol. The van der Waals surface area contributed by atoms with E-state index in [1.54, 1.807) is 24.3 Å². The van der Waals surface area contributed by atoms with Gasteiger partial charge in [-0.3, -0.25) is 34.2 Å². The predicted octanol–water partition coefficient (Wildman–Crippen LogP) is 1.32. The third-order valence-electron chi connectivity index (χ3n) is 7.02. The van der Waals surface area contributed by atoms with Crippen LogP contribution in [0.15, 0.2) is 66.7 Å². The van der Waals surface area contributed by atoms with Gasteiger partial charge in [0.15, 0.2) is 0 Å². The van der Waals surface area contributed by atoms with Gasteiger partial charge in [0.25, 0.3) is 17.7 Å². The maximum Gasteiger partial charge on any atom is 0.563 e. The third-order valence-corrected chi connectivity index (χ3v) is 7.02. The van der Waals surface area contributed by atoms with Crippen LogP contribution in [-0.2, 0) is 27.4 Å². The topological polar surface area (TPSA) is 131 Å². The lowest BCUT2D eigenvalue weighted by molar-refractivity contribution is -0.136. The summed E-state index contributed by atoms with van der Waals surface area (Å²) >= 11 is 0. The van der Waals surface area contributed by atoms with E-state index in [4.69, 9.17) is 9.31 Å². The average Bonchev–Trinajstić information content (AvgIpc) is 3.21. The van der Waals surface area contributed by atoms with Crippen molar-refractivity contribution < 1.29 is 33.3 Å². The fraction of sp³-hybridized carbons (Fsp3) is 0.179. The molecule has 2 N–H and O–H groups in total. The van der Waals surface area contributed by atoms with Crippen LogP contribution in [0.5, 0.6) is 5.75 Å². The van der Waals surface area contributed by atoms with Crippen molar-refractivity contribution in [1.82, 2.24) is 15.5 Å². The molecule has 0 spiro atoms. The van der Waals surface area contributed by atoms with Gasteiger partial charge in [-0.1, -0.05) is 54.6 Å². The lowest BCUT2D eigenvalue weighted by Gasteiger charge is -2.27. The lowest BCUT2D eigenvalue weighted by atomic mass is 9.77. The zero-order valence-electron chi connectivity index (χ0n) is 20.6. The van der Waals surface area contributed by atoms with Crippen molar-refractivity contribution in [3.05, 3.63) is 94.5 Å². The second-order valence-corrected chi connectivity index (χ2v) is 9.43. The van der Waals surface area contributed by atoms with Gasteiger partial charge >= 0.3 is 7.12 Å². The van der Waals surface area contributed by atoms with Crippen LogP contribution in [0, 0.1) is 0 Å². The van der Waals surface area contributed by atoms with Crippen LogP contribution in [0.25, 0.3) is 0 Å². The zero-order chi connectivity index (χ0) is 27.1. The highest BCUT2D eigenvalue weighted by Gasteiger charge is 2.45. The van der Waals surface area contributed by atoms with E-state index in [0.717, 1.165) is 15.9 Å². The Hall–Kier alpha value is -4.77. The van der Waals surface area contributed by atoms with Crippen LogP contribution in [-0.4, -0.2) is 47.6 Å². The monoisotopic (exact) mass is 523 g/mol. The molecule has 3 aliphatic heterocycles. The molecule has 1 fully saturated rings. The molecule has 0 saturated carbocycles. The summed E-state index contributed by atoms with van der Waals surface area (Å²) in [5.41, 5.74) is 2.59. The van der Waals surface area contributed by atoms with Gasteiger partial charge in [0.2, 0.25) is 11.8 Å². The second kappa shape index (κ2) is 9.84. The second-order valence-electron chi connectivity index (χ2n) is 9.43. The number of para-hydroxylation sites is 1. The van der Waals surface area contributed by atoms with Crippen molar-refractivity contribution in [2.45, 2.75) is 32.0 Å². The summed E-state index contributed by atoms with van der Waals surface area (Å²) in [7, 11) is -0.660. The molecule has 10 nitrogen and oxygen atoms in total. The first-order valence-electron chi connectivity index (χ1n) is 12.5. The molecule has 11 heteroatoms. The molecule has 3 aromatic rings. The van der Waals surface area contributed by atoms with E-state index < -0.39 is 42.7 Å². The number of nitrogens with one attached hydrogen (secondary N) is 2. The van der Waals surface area contributed by atoms with Gasteiger partial charge in [0.1, 0.15) is 11.8 Å². The number of carbonyl (C=O) groups is 5. The van der Waals surface area contributed by atoms with Crippen LogP contribution in [0.4, 0.5) is 0 Å². The standard InChI is InChI=1S/C28H22BN3O7/c33-22-13-12-21(26(35)31-22)32-27(36)19-10-4-6-16(23(19)28(32)37)14-30-25(34)20-11-5-7-17-15-38-29(39-24(17)20)18-8-2-1-3-9-18/h1-11,21H,12-15H2,(H,30,34)(H,31,33,35). The first-order chi connectivity index (χ1) is 18.9. The normalized spacial score (nSPS) is 18.3. The molecule has 3 aliphatic rings. The number of hydrogen-bond donors (Lipinski definition) is 2. The van der Waals surface area contributed by atoms with E-state index in [2.05, 4.69) is 10.6 Å². The van der Waals surface area contributed by atoms with E-state index in [1.165, 1.54) is 6.07 Å². The quantitative estimate of drug-likeness (QED) is 0.381. The van der Waals surface area contributed by atoms with Crippen molar-refractivity contribution in [1.29, 1.82) is 0 Å². The van der Waals surface area contributed by atoms with Gasteiger partial charge in [-0.15, -0.1) is 0 Å². The summed E-state index contributed by atoms with van der Waals surface area (Å²) in [5.74, 6) is -2.35. The van der Waals surface area contributed by atoms with Gasteiger partial charge < -0.3 is 14.6 Å². The van der Waals surface area contributed by atoms with Crippen LogP contribution in [0.1, 0.15) is 55.0 Å². The maximum atomic E-state index is 13.3. The van der Waals surface area contributed by atoms with E-state index in [0.29, 0.717) is 16.9 Å². The number of nitrogens with zero attached hydrogens (tertiary/aromatic N) is 1. The Bertz CT molecular complexity index is 1540. The van der Waals surface area contributed by atoms with Crippen molar-refractivity contribution in [2.24, 2.45) is 0 Å². The number of amides is 5. The van der Waals surface area contributed by atoms with Crippen molar-refractivity contribution in [3.8, 4) is 5.75 Å². The van der Waals surface area contributed by atoms with Crippen molar-refractivity contribution in [2.75, 3.05) is 0 Å². The lowest BCUT2D eigenvalue weighted by Crippen LogP contribution is -2.54. The smallest absolute Gasteiger partial charge is 0.531 e. The summed E-state index contributed by atoms with van der Waals surface area (Å²) in [4.78, 5) is 64.5. The Balaban J connectivity index is 1.21. The number of piperidine rings is 1. The molecule has 6 rings (SSSR count). The summed E-state index contributed by atoms with van der Waals surface area (Å²) in [6.45, 7) is 0.238. The van der Waals surface area contributed by atoms with Gasteiger partial charge in [0, 0.05) is 18.5 Å². The fourth-order valence-corrected chi connectivity index (χ4v) is 5.10. The Morgan fingerprint density at radius 3 is 2.56 bits per heavy atom. The highest BCUT2D eigenvalue weighted by atomic mass is 16.6. The highest BCUT2D eigenvalue weighted by molar-refractivity contribution is 6.62. The fourth-order valence-electron chi connectivity index (χ4n) is 5.10. The SMILES string of the molecule is O=C1CCC(N2C(=O)c3cccc(CNC(=O)c4cccc5c4OB(c4ccccc4)OC5)c3C2=O)C(=O)N1. The van der Waals surface area contributed by atoms with E-state index in [-0.39, 0.29) is 37.1 Å². The summed E-state index contributed by atoms with van der Waals surface area (Å²) in [6.07, 6.45) is 0.0986. The molecule has 0 aromatic heterocycles. The number of fused-ring (bicyclic) bond motifs is 2. The summed E-state index contributed by atoms with van der Waals surface area (Å²) in [5, 5.41) is 5.01. The number of imide groups is 2. The van der Waals surface area contributed by atoms with Gasteiger partial charge in [-0.2, -0.15) is 0 Å². The maximum absolute atomic E-state index is 13.3. The molecule has 0 bridgehead atoms. The first kappa shape index (κ1) is 24.6. The van der Waals surface area contributed by atoms with Crippen LogP contribution in [0.2, 0.25) is 0 Å². The number of benzene rings is 3. The van der Waals surface area contributed by atoms with E-state index in [9.17, 15) is 24.0 Å². The average molecular weight is 523 g/mol. The molecule has 194 valence electrons. The Labute approximate surface area is 223 Å². The zero-order valence-corrected chi connectivity index (χ0v) is 20.6. The Kier molecular flexibility index (Phi) is 6.20. The molecule has 0 aliphatic carbocycles. The number of rotatable bonds is 5. The summed E-state index contributed by atoms with van der Waals surface area (Å²) < 4.78 is 11.9. The third kappa shape index (κ3) is 4.36. The molecule has 3 aromatic carbocycles. The van der Waals surface area contributed by atoms with Gasteiger partial charge in [-0.05, 0) is 29.6 Å². The molecule has 3 heterocycles. The largest absolute Gasteiger partial charge is 0.563 e. The molecule has 0 radical (unpaired) electrons. The molecule has 1 atom stereocenters. The van der Waals surface area contributed by atoms with Crippen LogP contribution in [0.3, 0.4) is 0 Å². The molecular formula is C28H22BN3O7. The minimum Gasteiger partial charge on any atom is -0.531 e. The molecule has 39 heavy (non-hydrogen) atoms. The Morgan fingerprint density at radius 2 is 1.77 bits per heavy atom. The summed E-state index contributed by atoms with van der Waals surface area (Å²) in [6, 6.07) is 18.3. The molecule has 1 unspecified atom stereocenters. The van der Waals surface area contributed by atoms with Crippen LogP contribution < -0.4 is 20.8 Å². The number of carbonyl (C=O) groups excluding carboxylic acids is 5. The molecule has 1 saturated heterocycles. The van der Waals surface area contributed by atoms with E-state index in [1.807, 2.05) is 36.4 Å².